The number of carbonyl (C=O) groups excluding carboxylic acids is 2. The van der Waals surface area contributed by atoms with Crippen LogP contribution >= 0.6 is 0 Å². The molecule has 4 rings (SSSR count). The number of ether oxygens (including phenoxy) is 3. The summed E-state index contributed by atoms with van der Waals surface area (Å²) in [7, 11) is 2.77. The molecule has 0 atom stereocenters. The number of anilines is 1. The first kappa shape index (κ1) is 26.4. The molecule has 0 aliphatic carbocycles. The smallest absolute Gasteiger partial charge is 0.344 e. The predicted octanol–water partition coefficient (Wildman–Crippen LogP) is 5.53. The first-order valence-electron chi connectivity index (χ1n) is 11.5. The van der Waals surface area contributed by atoms with Gasteiger partial charge in [0.15, 0.2) is 11.5 Å². The molecule has 0 aliphatic heterocycles. The number of nitro benzene ring substituents is 1. The normalized spacial score (nSPS) is 10.8. The van der Waals surface area contributed by atoms with Crippen molar-refractivity contribution < 1.29 is 28.7 Å². The molecule has 0 unspecified atom stereocenters. The third-order valence-corrected chi connectivity index (χ3v) is 5.73. The van der Waals surface area contributed by atoms with E-state index in [9.17, 15) is 25.0 Å². The first-order valence-corrected chi connectivity index (χ1v) is 11.5. The lowest BCUT2D eigenvalue weighted by Gasteiger charge is -2.11. The van der Waals surface area contributed by atoms with Gasteiger partial charge in [-0.15, -0.1) is 0 Å². The van der Waals surface area contributed by atoms with Crippen molar-refractivity contribution in [1.82, 2.24) is 0 Å². The van der Waals surface area contributed by atoms with E-state index in [-0.39, 0.29) is 28.5 Å². The monoisotopic (exact) mass is 523 g/mol. The van der Waals surface area contributed by atoms with Crippen molar-refractivity contribution in [3.63, 3.8) is 0 Å². The average molecular weight is 524 g/mol. The molecule has 0 heterocycles. The number of nitrogens with zero attached hydrogens (tertiary/aromatic N) is 2. The zero-order chi connectivity index (χ0) is 27.9. The topological polar surface area (TPSA) is 141 Å². The highest BCUT2D eigenvalue weighted by molar-refractivity contribution is 6.10. The molecule has 0 fully saturated rings. The Morgan fingerprint density at radius 1 is 0.949 bits per heavy atom. The molecule has 0 aliphatic rings. The molecule has 4 aromatic carbocycles. The van der Waals surface area contributed by atoms with Gasteiger partial charge in [0, 0.05) is 0 Å². The van der Waals surface area contributed by atoms with Crippen molar-refractivity contribution in [1.29, 1.82) is 5.26 Å². The number of benzene rings is 4. The van der Waals surface area contributed by atoms with E-state index < -0.39 is 22.5 Å². The SMILES string of the molecule is COc1ccc(NC(=O)/C(C#N)=C/c2ccc(OC)c(OC(=O)c3cccc4ccccc34)c2)c([N+](=O)[O-])c1. The maximum atomic E-state index is 13.1. The molecule has 194 valence electrons. The van der Waals surface area contributed by atoms with Crippen LogP contribution in [-0.4, -0.2) is 31.0 Å². The second-order valence-electron chi connectivity index (χ2n) is 8.09. The summed E-state index contributed by atoms with van der Waals surface area (Å²) < 4.78 is 16.0. The van der Waals surface area contributed by atoms with E-state index in [1.165, 1.54) is 44.6 Å². The number of nitriles is 1. The molecule has 0 radical (unpaired) electrons. The van der Waals surface area contributed by atoms with Gasteiger partial charge in [-0.1, -0.05) is 42.5 Å². The highest BCUT2D eigenvalue weighted by Crippen LogP contribution is 2.32. The minimum absolute atomic E-state index is 0.0766. The fourth-order valence-corrected chi connectivity index (χ4v) is 3.82. The van der Waals surface area contributed by atoms with Gasteiger partial charge in [-0.3, -0.25) is 14.9 Å². The second-order valence-corrected chi connectivity index (χ2v) is 8.09. The van der Waals surface area contributed by atoms with E-state index in [0.29, 0.717) is 11.1 Å². The molecule has 0 spiro atoms. The number of hydrogen-bond donors (Lipinski definition) is 1. The number of fused-ring (bicyclic) bond motifs is 1. The third kappa shape index (κ3) is 5.84. The molecule has 4 aromatic rings. The van der Waals surface area contributed by atoms with Crippen LogP contribution in [0.1, 0.15) is 15.9 Å². The lowest BCUT2D eigenvalue weighted by Crippen LogP contribution is -2.14. The Balaban J connectivity index is 1.62. The van der Waals surface area contributed by atoms with Gasteiger partial charge >= 0.3 is 5.97 Å². The van der Waals surface area contributed by atoms with Gasteiger partial charge in [0.25, 0.3) is 11.6 Å². The lowest BCUT2D eigenvalue weighted by molar-refractivity contribution is -0.384. The molecule has 10 heteroatoms. The van der Waals surface area contributed by atoms with E-state index >= 15 is 0 Å². The highest BCUT2D eigenvalue weighted by atomic mass is 16.6. The quantitative estimate of drug-likeness (QED) is 0.0794. The van der Waals surface area contributed by atoms with Gasteiger partial charge in [0.2, 0.25) is 0 Å². The fraction of sp³-hybridized carbons (Fsp3) is 0.0690. The Kier molecular flexibility index (Phi) is 7.83. The summed E-state index contributed by atoms with van der Waals surface area (Å²) in [5, 5.41) is 25.0. The van der Waals surface area contributed by atoms with Gasteiger partial charge < -0.3 is 19.5 Å². The van der Waals surface area contributed by atoms with Crippen LogP contribution in [0, 0.1) is 21.4 Å². The van der Waals surface area contributed by atoms with E-state index in [2.05, 4.69) is 5.32 Å². The van der Waals surface area contributed by atoms with E-state index in [1.807, 2.05) is 30.3 Å². The van der Waals surface area contributed by atoms with Crippen LogP contribution in [0.4, 0.5) is 11.4 Å². The first-order chi connectivity index (χ1) is 18.8. The molecular weight excluding hydrogens is 502 g/mol. The van der Waals surface area contributed by atoms with Crippen LogP contribution in [0.2, 0.25) is 0 Å². The summed E-state index contributed by atoms with van der Waals surface area (Å²) in [6.45, 7) is 0. The number of nitrogens with one attached hydrogen (secondary N) is 1. The van der Waals surface area contributed by atoms with Gasteiger partial charge in [0.05, 0.1) is 30.8 Å². The molecule has 1 N–H and O–H groups in total. The maximum Gasteiger partial charge on any atom is 0.344 e. The highest BCUT2D eigenvalue weighted by Gasteiger charge is 2.20. The average Bonchev–Trinajstić information content (AvgIpc) is 2.95. The van der Waals surface area contributed by atoms with Crippen LogP contribution < -0.4 is 19.5 Å². The molecular formula is C29H21N3O7. The Morgan fingerprint density at radius 3 is 2.44 bits per heavy atom. The number of esters is 1. The molecule has 1 amide bonds. The second kappa shape index (κ2) is 11.6. The summed E-state index contributed by atoms with van der Waals surface area (Å²) in [6.07, 6.45) is 1.26. The Morgan fingerprint density at radius 2 is 1.72 bits per heavy atom. The van der Waals surface area contributed by atoms with Crippen molar-refractivity contribution >= 4 is 40.1 Å². The van der Waals surface area contributed by atoms with Gasteiger partial charge in [-0.05, 0) is 52.7 Å². The molecule has 0 saturated carbocycles. The minimum Gasteiger partial charge on any atom is -0.496 e. The Bertz CT molecular complexity index is 1670. The summed E-state index contributed by atoms with van der Waals surface area (Å²) in [6, 6.07) is 22.9. The van der Waals surface area contributed by atoms with Crippen molar-refractivity contribution in [2.75, 3.05) is 19.5 Å². The molecule has 0 bridgehead atoms. The minimum atomic E-state index is -0.865. The van der Waals surface area contributed by atoms with Crippen LogP contribution in [0.3, 0.4) is 0 Å². The number of amides is 1. The fourth-order valence-electron chi connectivity index (χ4n) is 3.82. The molecule has 39 heavy (non-hydrogen) atoms. The summed E-state index contributed by atoms with van der Waals surface area (Å²) >= 11 is 0. The van der Waals surface area contributed by atoms with E-state index in [1.54, 1.807) is 24.3 Å². The predicted molar refractivity (Wildman–Crippen MR) is 144 cm³/mol. The number of rotatable bonds is 8. The standard InChI is InChI=1S/C29H21N3O7/c1-37-21-11-12-24(25(16-21)32(35)36)31-28(33)20(17-30)14-18-10-13-26(38-2)27(15-18)39-29(34)23-9-5-7-19-6-3-4-8-22(19)23/h3-16H,1-2H3,(H,31,33)/b20-14+. The Hall–Kier alpha value is -5.69. The van der Waals surface area contributed by atoms with Crippen LogP contribution in [0.15, 0.2) is 84.4 Å². The molecule has 0 saturated heterocycles. The molecule has 10 nitrogen and oxygen atoms in total. The summed E-state index contributed by atoms with van der Waals surface area (Å²) in [4.78, 5) is 36.6. The van der Waals surface area contributed by atoms with Crippen molar-refractivity contribution in [3.8, 4) is 23.3 Å². The number of carbonyl (C=O) groups is 2. The van der Waals surface area contributed by atoms with Crippen molar-refractivity contribution in [3.05, 3.63) is 106 Å². The van der Waals surface area contributed by atoms with Gasteiger partial charge in [-0.2, -0.15) is 5.26 Å². The van der Waals surface area contributed by atoms with Gasteiger partial charge in [0.1, 0.15) is 23.1 Å². The summed E-state index contributed by atoms with van der Waals surface area (Å²) in [5.74, 6) is -0.906. The summed E-state index contributed by atoms with van der Waals surface area (Å²) in [5.41, 5.74) is -0.128. The van der Waals surface area contributed by atoms with Crippen LogP contribution in [-0.2, 0) is 4.79 Å². The number of nitro groups is 1. The zero-order valence-electron chi connectivity index (χ0n) is 20.8. The van der Waals surface area contributed by atoms with Gasteiger partial charge in [-0.25, -0.2) is 4.79 Å². The Labute approximate surface area is 222 Å². The van der Waals surface area contributed by atoms with Crippen LogP contribution in [0.5, 0.6) is 17.2 Å². The third-order valence-electron chi connectivity index (χ3n) is 5.73. The van der Waals surface area contributed by atoms with Crippen LogP contribution in [0.25, 0.3) is 16.8 Å². The van der Waals surface area contributed by atoms with E-state index in [4.69, 9.17) is 14.2 Å². The molecule has 0 aromatic heterocycles. The largest absolute Gasteiger partial charge is 0.496 e. The van der Waals surface area contributed by atoms with Crippen molar-refractivity contribution in [2.45, 2.75) is 0 Å². The zero-order valence-corrected chi connectivity index (χ0v) is 20.8. The number of hydrogen-bond acceptors (Lipinski definition) is 8. The van der Waals surface area contributed by atoms with E-state index in [0.717, 1.165) is 16.8 Å². The van der Waals surface area contributed by atoms with Crippen molar-refractivity contribution in [2.24, 2.45) is 0 Å². The number of methoxy groups -OCH3 is 2. The maximum absolute atomic E-state index is 13.1. The lowest BCUT2D eigenvalue weighted by atomic mass is 10.0.